The summed E-state index contributed by atoms with van der Waals surface area (Å²) >= 11 is 0. The lowest BCUT2D eigenvalue weighted by atomic mass is 10.0. The summed E-state index contributed by atoms with van der Waals surface area (Å²) in [5, 5.41) is 0. The summed E-state index contributed by atoms with van der Waals surface area (Å²) in [6.07, 6.45) is -8.26. The third-order valence-corrected chi connectivity index (χ3v) is 2.77. The van der Waals surface area contributed by atoms with Gasteiger partial charge in [-0.05, 0) is 13.0 Å². The fourth-order valence-corrected chi connectivity index (χ4v) is 1.39. The van der Waals surface area contributed by atoms with Crippen molar-refractivity contribution in [1.29, 1.82) is 0 Å². The van der Waals surface area contributed by atoms with Crippen molar-refractivity contribution in [1.82, 2.24) is 4.90 Å². The highest BCUT2D eigenvalue weighted by Gasteiger charge is 2.81. The predicted octanol–water partition coefficient (Wildman–Crippen LogP) is 3.88. The van der Waals surface area contributed by atoms with Crippen molar-refractivity contribution < 1.29 is 44.3 Å². The molecular formula is C11H12F9NO. The Balaban J connectivity index is 5.29. The van der Waals surface area contributed by atoms with E-state index in [1.165, 1.54) is 6.92 Å². The fourth-order valence-electron chi connectivity index (χ4n) is 1.39. The smallest absolute Gasteiger partial charge is 0.339 e. The average Bonchev–Trinajstić information content (AvgIpc) is 2.37. The van der Waals surface area contributed by atoms with Crippen LogP contribution in [0.25, 0.3) is 0 Å². The number of carbonyl (C=O) groups is 1. The van der Waals surface area contributed by atoms with Crippen molar-refractivity contribution >= 4 is 5.91 Å². The first-order chi connectivity index (χ1) is 9.65. The van der Waals surface area contributed by atoms with E-state index in [0.29, 0.717) is 11.0 Å². The number of alkyl halides is 9. The maximum absolute atomic E-state index is 13.2. The van der Waals surface area contributed by atoms with E-state index < -0.39 is 42.8 Å². The lowest BCUT2D eigenvalue weighted by Crippen LogP contribution is -2.61. The highest BCUT2D eigenvalue weighted by atomic mass is 19.4. The van der Waals surface area contributed by atoms with Gasteiger partial charge in [0.1, 0.15) is 0 Å². The van der Waals surface area contributed by atoms with E-state index in [4.69, 9.17) is 0 Å². The van der Waals surface area contributed by atoms with E-state index in [1.54, 1.807) is 0 Å². The number of halogens is 9. The van der Waals surface area contributed by atoms with Crippen molar-refractivity contribution in [2.45, 2.75) is 37.3 Å². The van der Waals surface area contributed by atoms with Gasteiger partial charge in [-0.25, -0.2) is 0 Å². The molecule has 0 unspecified atom stereocenters. The van der Waals surface area contributed by atoms with Crippen LogP contribution in [-0.4, -0.2) is 47.8 Å². The van der Waals surface area contributed by atoms with Gasteiger partial charge >= 0.3 is 23.9 Å². The van der Waals surface area contributed by atoms with Gasteiger partial charge in [-0.1, -0.05) is 6.58 Å². The van der Waals surface area contributed by atoms with Crippen molar-refractivity contribution in [2.75, 3.05) is 13.1 Å². The Kier molecular flexibility index (Phi) is 5.96. The molecular weight excluding hydrogens is 333 g/mol. The average molecular weight is 345 g/mol. The molecule has 0 aliphatic carbocycles. The minimum Gasteiger partial charge on any atom is -0.339 e. The molecule has 22 heavy (non-hydrogen) atoms. The number of hydrogen-bond donors (Lipinski definition) is 0. The SMILES string of the molecule is C=CC(=O)N(CC)CCC(F)(F)C(F)(F)C(F)(F)C(F)(F)F. The largest absolute Gasteiger partial charge is 0.460 e. The van der Waals surface area contributed by atoms with E-state index in [2.05, 4.69) is 6.58 Å². The first-order valence-corrected chi connectivity index (χ1v) is 5.77. The summed E-state index contributed by atoms with van der Waals surface area (Å²) in [6, 6.07) is 0. The Hall–Kier alpha value is -1.42. The second kappa shape index (κ2) is 6.37. The Morgan fingerprint density at radius 2 is 1.45 bits per heavy atom. The zero-order valence-electron chi connectivity index (χ0n) is 11.2. The molecule has 0 radical (unpaired) electrons. The van der Waals surface area contributed by atoms with Crippen LogP contribution in [0.15, 0.2) is 12.7 Å². The van der Waals surface area contributed by atoms with Gasteiger partial charge in [-0.15, -0.1) is 0 Å². The third kappa shape index (κ3) is 3.67. The molecule has 0 atom stereocenters. The molecule has 2 nitrogen and oxygen atoms in total. The van der Waals surface area contributed by atoms with Gasteiger partial charge in [0.25, 0.3) is 0 Å². The Labute approximate surface area is 119 Å². The Bertz CT molecular complexity index is 416. The highest BCUT2D eigenvalue weighted by Crippen LogP contribution is 2.53. The number of rotatable bonds is 7. The summed E-state index contributed by atoms with van der Waals surface area (Å²) in [7, 11) is 0. The summed E-state index contributed by atoms with van der Waals surface area (Å²) in [5.74, 6) is -20.2. The molecule has 0 aromatic carbocycles. The molecule has 0 aromatic rings. The molecule has 0 saturated heterocycles. The molecule has 1 amide bonds. The Morgan fingerprint density at radius 1 is 1.00 bits per heavy atom. The van der Waals surface area contributed by atoms with Gasteiger partial charge in [0, 0.05) is 19.5 Å². The molecule has 0 N–H and O–H groups in total. The fraction of sp³-hybridized carbons (Fsp3) is 0.727. The number of nitrogens with zero attached hydrogens (tertiary/aromatic N) is 1. The van der Waals surface area contributed by atoms with Crippen LogP contribution >= 0.6 is 0 Å². The van der Waals surface area contributed by atoms with Crippen LogP contribution in [0.5, 0.6) is 0 Å². The van der Waals surface area contributed by atoms with Gasteiger partial charge in [0.15, 0.2) is 0 Å². The minimum absolute atomic E-state index is 0.248. The number of likely N-dealkylation sites (N-methyl/N-ethyl adjacent to an activating group) is 1. The first-order valence-electron chi connectivity index (χ1n) is 5.77. The molecule has 0 saturated carbocycles. The van der Waals surface area contributed by atoms with Gasteiger partial charge in [0.2, 0.25) is 5.91 Å². The lowest BCUT2D eigenvalue weighted by molar-refractivity contribution is -0.396. The Morgan fingerprint density at radius 3 is 1.77 bits per heavy atom. The van der Waals surface area contributed by atoms with E-state index in [0.717, 1.165) is 0 Å². The van der Waals surface area contributed by atoms with Crippen LogP contribution in [0.1, 0.15) is 13.3 Å². The summed E-state index contributed by atoms with van der Waals surface area (Å²) in [5.41, 5.74) is 0. The molecule has 0 rings (SSSR count). The molecule has 0 aliphatic rings. The van der Waals surface area contributed by atoms with Crippen LogP contribution in [-0.2, 0) is 4.79 Å². The topological polar surface area (TPSA) is 20.3 Å². The van der Waals surface area contributed by atoms with Crippen LogP contribution in [0, 0.1) is 0 Å². The van der Waals surface area contributed by atoms with E-state index in [-0.39, 0.29) is 6.54 Å². The third-order valence-electron chi connectivity index (χ3n) is 2.77. The molecule has 0 bridgehead atoms. The van der Waals surface area contributed by atoms with Gasteiger partial charge in [0.05, 0.1) is 0 Å². The van der Waals surface area contributed by atoms with E-state index in [1.807, 2.05) is 0 Å². The number of hydrogen-bond acceptors (Lipinski definition) is 1. The number of carbonyl (C=O) groups excluding carboxylic acids is 1. The molecule has 0 spiro atoms. The zero-order chi connectivity index (χ0) is 18.0. The second-order valence-corrected chi connectivity index (χ2v) is 4.22. The number of amides is 1. The normalized spacial score (nSPS) is 13.9. The standard InChI is InChI=1S/C11H12F9NO/c1-3-7(22)21(4-2)6-5-8(12,13)9(14,15)10(16,17)11(18,19)20/h3H,1,4-6H2,2H3. The molecule has 0 heterocycles. The van der Waals surface area contributed by atoms with Crippen LogP contribution in [0.3, 0.4) is 0 Å². The van der Waals surface area contributed by atoms with Gasteiger partial charge in [-0.3, -0.25) is 4.79 Å². The predicted molar refractivity (Wildman–Crippen MR) is 58.0 cm³/mol. The van der Waals surface area contributed by atoms with Crippen LogP contribution in [0.2, 0.25) is 0 Å². The van der Waals surface area contributed by atoms with Crippen molar-refractivity contribution in [3.63, 3.8) is 0 Å². The molecule has 130 valence electrons. The van der Waals surface area contributed by atoms with Crippen molar-refractivity contribution in [3.8, 4) is 0 Å². The molecule has 0 aromatic heterocycles. The lowest BCUT2D eigenvalue weighted by Gasteiger charge is -2.34. The zero-order valence-corrected chi connectivity index (χ0v) is 11.2. The summed E-state index contributed by atoms with van der Waals surface area (Å²) in [6.45, 7) is 2.88. The van der Waals surface area contributed by atoms with Gasteiger partial charge < -0.3 is 4.90 Å². The molecule has 11 heteroatoms. The van der Waals surface area contributed by atoms with E-state index >= 15 is 0 Å². The van der Waals surface area contributed by atoms with Gasteiger partial charge in [-0.2, -0.15) is 39.5 Å². The quantitative estimate of drug-likeness (QED) is 0.507. The molecule has 0 fully saturated rings. The molecule has 0 aliphatic heterocycles. The summed E-state index contributed by atoms with van der Waals surface area (Å²) in [4.78, 5) is 11.7. The monoisotopic (exact) mass is 345 g/mol. The van der Waals surface area contributed by atoms with Crippen molar-refractivity contribution in [2.24, 2.45) is 0 Å². The van der Waals surface area contributed by atoms with Crippen molar-refractivity contribution in [3.05, 3.63) is 12.7 Å². The van der Waals surface area contributed by atoms with Crippen LogP contribution < -0.4 is 0 Å². The maximum Gasteiger partial charge on any atom is 0.460 e. The highest BCUT2D eigenvalue weighted by molar-refractivity contribution is 5.86. The maximum atomic E-state index is 13.2. The van der Waals surface area contributed by atoms with Crippen LogP contribution in [0.4, 0.5) is 39.5 Å². The van der Waals surface area contributed by atoms with E-state index in [9.17, 15) is 44.3 Å². The first kappa shape index (κ1) is 20.6. The second-order valence-electron chi connectivity index (χ2n) is 4.22. The minimum atomic E-state index is -6.91. The summed E-state index contributed by atoms with van der Waals surface area (Å²) < 4.78 is 113.